The van der Waals surface area contributed by atoms with Gasteiger partial charge in [-0.1, -0.05) is 24.3 Å². The molecule has 2 heterocycles. The van der Waals surface area contributed by atoms with E-state index in [1.807, 2.05) is 18.2 Å². The molecule has 1 aromatic rings. The van der Waals surface area contributed by atoms with E-state index in [2.05, 4.69) is 11.4 Å². The molecule has 1 fully saturated rings. The van der Waals surface area contributed by atoms with Gasteiger partial charge in [-0.05, 0) is 30.5 Å². The minimum absolute atomic E-state index is 0.234. The fraction of sp³-hybridized carbons (Fsp3) is 0.538. The summed E-state index contributed by atoms with van der Waals surface area (Å²) in [5, 5.41) is 2.90. The Hall–Kier alpha value is -0.910. The van der Waals surface area contributed by atoms with E-state index >= 15 is 0 Å². The SMILES string of the molecule is O=S(=O)(C1CCNC1)N1CCc2ccccc2C1. The van der Waals surface area contributed by atoms with Crippen LogP contribution in [0.3, 0.4) is 0 Å². The van der Waals surface area contributed by atoms with Crippen molar-refractivity contribution < 1.29 is 8.42 Å². The molecule has 0 saturated carbocycles. The lowest BCUT2D eigenvalue weighted by Gasteiger charge is -2.30. The average Bonchev–Trinajstić information content (AvgIpc) is 2.92. The van der Waals surface area contributed by atoms with Crippen LogP contribution < -0.4 is 5.32 Å². The van der Waals surface area contributed by atoms with Gasteiger partial charge in [0.2, 0.25) is 10.0 Å². The Morgan fingerprint density at radius 1 is 1.22 bits per heavy atom. The lowest BCUT2D eigenvalue weighted by atomic mass is 10.0. The molecule has 3 rings (SSSR count). The van der Waals surface area contributed by atoms with Gasteiger partial charge in [0, 0.05) is 19.6 Å². The molecule has 1 N–H and O–H groups in total. The summed E-state index contributed by atoms with van der Waals surface area (Å²) in [6.07, 6.45) is 1.57. The first kappa shape index (κ1) is 12.1. The van der Waals surface area contributed by atoms with Crippen LogP contribution in [-0.2, 0) is 23.0 Å². The molecule has 1 atom stereocenters. The highest BCUT2D eigenvalue weighted by Gasteiger charge is 2.35. The Bertz CT molecular complexity index is 536. The van der Waals surface area contributed by atoms with E-state index in [-0.39, 0.29) is 5.25 Å². The van der Waals surface area contributed by atoms with Crippen LogP contribution in [0.25, 0.3) is 0 Å². The fourth-order valence-electron chi connectivity index (χ4n) is 2.78. The number of hydrogen-bond acceptors (Lipinski definition) is 3. The summed E-state index contributed by atoms with van der Waals surface area (Å²) < 4.78 is 26.6. The largest absolute Gasteiger partial charge is 0.315 e. The van der Waals surface area contributed by atoms with Crippen LogP contribution >= 0.6 is 0 Å². The second-order valence-electron chi connectivity index (χ2n) is 5.01. The molecule has 4 nitrogen and oxygen atoms in total. The molecule has 0 amide bonds. The summed E-state index contributed by atoms with van der Waals surface area (Å²) in [5.74, 6) is 0. The maximum absolute atomic E-state index is 12.5. The first-order valence-corrected chi connectivity index (χ1v) is 7.95. The Morgan fingerprint density at radius 2 is 2.00 bits per heavy atom. The molecule has 2 aliphatic rings. The monoisotopic (exact) mass is 266 g/mol. The first-order chi connectivity index (χ1) is 8.68. The predicted octanol–water partition coefficient (Wildman–Crippen LogP) is 0.736. The van der Waals surface area contributed by atoms with Crippen LogP contribution in [0.15, 0.2) is 24.3 Å². The topological polar surface area (TPSA) is 49.4 Å². The lowest BCUT2D eigenvalue weighted by molar-refractivity contribution is 0.385. The van der Waals surface area contributed by atoms with Crippen molar-refractivity contribution in [2.24, 2.45) is 0 Å². The summed E-state index contributed by atoms with van der Waals surface area (Å²) in [7, 11) is -3.13. The van der Waals surface area contributed by atoms with E-state index in [0.29, 0.717) is 19.6 Å². The molecule has 1 aromatic carbocycles. The first-order valence-electron chi connectivity index (χ1n) is 6.44. The maximum atomic E-state index is 12.5. The highest BCUT2D eigenvalue weighted by molar-refractivity contribution is 7.89. The summed E-state index contributed by atoms with van der Waals surface area (Å²) in [6, 6.07) is 8.12. The highest BCUT2D eigenvalue weighted by atomic mass is 32.2. The Morgan fingerprint density at radius 3 is 2.72 bits per heavy atom. The predicted molar refractivity (Wildman–Crippen MR) is 70.8 cm³/mol. The summed E-state index contributed by atoms with van der Waals surface area (Å²) in [5.41, 5.74) is 2.44. The highest BCUT2D eigenvalue weighted by Crippen LogP contribution is 2.24. The van der Waals surface area contributed by atoms with Crippen molar-refractivity contribution >= 4 is 10.0 Å². The molecule has 1 saturated heterocycles. The molecule has 0 spiro atoms. The molecule has 5 heteroatoms. The van der Waals surface area contributed by atoms with E-state index in [9.17, 15) is 8.42 Å². The summed E-state index contributed by atoms with van der Waals surface area (Å²) in [4.78, 5) is 0. The number of nitrogens with zero attached hydrogens (tertiary/aromatic N) is 1. The molecule has 0 radical (unpaired) electrons. The molecule has 0 aliphatic carbocycles. The van der Waals surface area contributed by atoms with Crippen molar-refractivity contribution in [3.63, 3.8) is 0 Å². The Balaban J connectivity index is 1.83. The molecule has 98 valence electrons. The van der Waals surface area contributed by atoms with Gasteiger partial charge in [-0.2, -0.15) is 4.31 Å². The molecule has 18 heavy (non-hydrogen) atoms. The Labute approximate surface area is 108 Å². The van der Waals surface area contributed by atoms with E-state index in [1.165, 1.54) is 5.56 Å². The zero-order valence-corrected chi connectivity index (χ0v) is 11.1. The number of benzene rings is 1. The molecule has 1 unspecified atom stereocenters. The number of rotatable bonds is 2. The zero-order chi connectivity index (χ0) is 12.6. The third-order valence-corrected chi connectivity index (χ3v) is 6.17. The van der Waals surface area contributed by atoms with Crippen molar-refractivity contribution in [2.75, 3.05) is 19.6 Å². The lowest BCUT2D eigenvalue weighted by Crippen LogP contribution is -2.42. The standard InChI is InChI=1S/C13H18N2O2S/c16-18(17,13-5-7-14-9-13)15-8-6-11-3-1-2-4-12(11)10-15/h1-4,13-14H,5-10H2. The van der Waals surface area contributed by atoms with Crippen LogP contribution in [0.5, 0.6) is 0 Å². The van der Waals surface area contributed by atoms with Gasteiger partial charge in [0.15, 0.2) is 0 Å². The zero-order valence-electron chi connectivity index (χ0n) is 10.3. The fourth-order valence-corrected chi connectivity index (χ4v) is 4.61. The quantitative estimate of drug-likeness (QED) is 0.859. The third kappa shape index (κ3) is 2.06. The van der Waals surface area contributed by atoms with Crippen LogP contribution in [0, 0.1) is 0 Å². The van der Waals surface area contributed by atoms with Gasteiger partial charge in [0.1, 0.15) is 0 Å². The van der Waals surface area contributed by atoms with Crippen LogP contribution in [0.2, 0.25) is 0 Å². The van der Waals surface area contributed by atoms with Gasteiger partial charge in [-0.25, -0.2) is 8.42 Å². The van der Waals surface area contributed by atoms with E-state index in [0.717, 1.165) is 24.9 Å². The maximum Gasteiger partial charge on any atom is 0.218 e. The third-order valence-electron chi connectivity index (χ3n) is 3.89. The van der Waals surface area contributed by atoms with Gasteiger partial charge in [0.25, 0.3) is 0 Å². The van der Waals surface area contributed by atoms with Crippen molar-refractivity contribution in [1.29, 1.82) is 0 Å². The normalized spacial score (nSPS) is 25.0. The number of fused-ring (bicyclic) bond motifs is 1. The van der Waals surface area contributed by atoms with Crippen LogP contribution in [0.4, 0.5) is 0 Å². The molecule has 0 aromatic heterocycles. The molecular formula is C13H18N2O2S. The molecule has 0 bridgehead atoms. The smallest absolute Gasteiger partial charge is 0.218 e. The van der Waals surface area contributed by atoms with Crippen LogP contribution in [0.1, 0.15) is 17.5 Å². The van der Waals surface area contributed by atoms with E-state index in [4.69, 9.17) is 0 Å². The second kappa shape index (κ2) is 4.64. The van der Waals surface area contributed by atoms with Crippen molar-refractivity contribution in [3.05, 3.63) is 35.4 Å². The summed E-state index contributed by atoms with van der Waals surface area (Å²) >= 11 is 0. The van der Waals surface area contributed by atoms with Gasteiger partial charge in [0.05, 0.1) is 5.25 Å². The van der Waals surface area contributed by atoms with Gasteiger partial charge in [-0.3, -0.25) is 0 Å². The van der Waals surface area contributed by atoms with E-state index in [1.54, 1.807) is 4.31 Å². The van der Waals surface area contributed by atoms with Crippen LogP contribution in [-0.4, -0.2) is 37.6 Å². The Kier molecular flexibility index (Phi) is 3.13. The average molecular weight is 266 g/mol. The van der Waals surface area contributed by atoms with Gasteiger partial charge in [-0.15, -0.1) is 0 Å². The van der Waals surface area contributed by atoms with Gasteiger partial charge >= 0.3 is 0 Å². The van der Waals surface area contributed by atoms with E-state index < -0.39 is 10.0 Å². The summed E-state index contributed by atoms with van der Waals surface area (Å²) in [6.45, 7) is 2.57. The van der Waals surface area contributed by atoms with Gasteiger partial charge < -0.3 is 5.32 Å². The number of nitrogens with one attached hydrogen (secondary N) is 1. The van der Waals surface area contributed by atoms with Crippen molar-refractivity contribution in [3.8, 4) is 0 Å². The second-order valence-corrected chi connectivity index (χ2v) is 7.23. The van der Waals surface area contributed by atoms with Crippen molar-refractivity contribution in [2.45, 2.75) is 24.6 Å². The number of sulfonamides is 1. The molecule has 2 aliphatic heterocycles. The molecular weight excluding hydrogens is 248 g/mol. The minimum atomic E-state index is -3.13. The van der Waals surface area contributed by atoms with Crippen molar-refractivity contribution in [1.82, 2.24) is 9.62 Å². The minimum Gasteiger partial charge on any atom is -0.315 e. The number of hydrogen-bond donors (Lipinski definition) is 1.